The molecule has 1 unspecified atom stereocenters. The van der Waals surface area contributed by atoms with Crippen LogP contribution < -0.4 is 9.64 Å². The van der Waals surface area contributed by atoms with Gasteiger partial charge in [-0.15, -0.1) is 11.3 Å². The number of ether oxygens (including phenoxy) is 2. The van der Waals surface area contributed by atoms with E-state index in [1.807, 2.05) is 47.8 Å². The number of piperazine rings is 1. The summed E-state index contributed by atoms with van der Waals surface area (Å²) in [4.78, 5) is 35.9. The SMILES string of the molecule is COC(=O)C1(Cc2cscn2)CN(c2ccccc2)CCN1C(=O)c1ccc(C(C)(C)C)c(OC)c1. The zero-order valence-electron chi connectivity index (χ0n) is 21.5. The van der Waals surface area contributed by atoms with E-state index >= 15 is 0 Å². The summed E-state index contributed by atoms with van der Waals surface area (Å²) in [6.45, 7) is 7.55. The topological polar surface area (TPSA) is 72.0 Å². The van der Waals surface area contributed by atoms with Crippen LogP contribution in [0.3, 0.4) is 0 Å². The van der Waals surface area contributed by atoms with Crippen LogP contribution in [0.15, 0.2) is 59.4 Å². The lowest BCUT2D eigenvalue weighted by molar-refractivity contribution is -0.154. The molecule has 1 aromatic heterocycles. The Hall–Kier alpha value is -3.39. The van der Waals surface area contributed by atoms with Gasteiger partial charge in [0.05, 0.1) is 32.0 Å². The maximum atomic E-state index is 14.1. The lowest BCUT2D eigenvalue weighted by Crippen LogP contribution is -2.69. The van der Waals surface area contributed by atoms with Gasteiger partial charge in [0.25, 0.3) is 5.91 Å². The lowest BCUT2D eigenvalue weighted by atomic mass is 9.85. The molecule has 1 saturated heterocycles. The summed E-state index contributed by atoms with van der Waals surface area (Å²) in [6.07, 6.45) is 0.259. The Morgan fingerprint density at radius 3 is 2.44 bits per heavy atom. The second-order valence-corrected chi connectivity index (χ2v) is 10.8. The van der Waals surface area contributed by atoms with Gasteiger partial charge in [-0.25, -0.2) is 9.78 Å². The van der Waals surface area contributed by atoms with Crippen LogP contribution in [0.1, 0.15) is 42.4 Å². The maximum Gasteiger partial charge on any atom is 0.334 e. The number of aromatic nitrogens is 1. The van der Waals surface area contributed by atoms with Crippen molar-refractivity contribution in [1.29, 1.82) is 0 Å². The number of para-hydroxylation sites is 1. The first kappa shape index (κ1) is 25.7. The van der Waals surface area contributed by atoms with Crippen LogP contribution in [0.5, 0.6) is 5.75 Å². The molecule has 1 aliphatic rings. The van der Waals surface area contributed by atoms with E-state index in [4.69, 9.17) is 9.47 Å². The van der Waals surface area contributed by atoms with Crippen LogP contribution in [-0.2, 0) is 21.4 Å². The predicted molar refractivity (Wildman–Crippen MR) is 142 cm³/mol. The number of hydrogen-bond acceptors (Lipinski definition) is 7. The quantitative estimate of drug-likeness (QED) is 0.456. The number of benzene rings is 2. The molecular weight excluding hydrogens is 474 g/mol. The van der Waals surface area contributed by atoms with Gasteiger partial charge < -0.3 is 19.3 Å². The molecule has 0 bridgehead atoms. The van der Waals surface area contributed by atoms with Crippen LogP contribution in [0, 0.1) is 0 Å². The third-order valence-corrected chi connectivity index (χ3v) is 7.34. The fourth-order valence-electron chi connectivity index (χ4n) is 4.88. The van der Waals surface area contributed by atoms with Gasteiger partial charge in [0.15, 0.2) is 5.54 Å². The number of rotatable bonds is 6. The van der Waals surface area contributed by atoms with E-state index in [1.165, 1.54) is 18.4 Å². The zero-order chi connectivity index (χ0) is 25.9. The van der Waals surface area contributed by atoms with Crippen molar-refractivity contribution in [3.8, 4) is 5.75 Å². The van der Waals surface area contributed by atoms with Gasteiger partial charge >= 0.3 is 5.97 Å². The minimum atomic E-state index is -1.25. The number of carbonyl (C=O) groups excluding carboxylic acids is 2. The number of amides is 1. The molecule has 2 heterocycles. The summed E-state index contributed by atoms with van der Waals surface area (Å²) in [6, 6.07) is 15.5. The van der Waals surface area contributed by atoms with Crippen molar-refractivity contribution in [2.24, 2.45) is 0 Å². The molecule has 1 amide bonds. The molecular formula is C28H33N3O4S. The van der Waals surface area contributed by atoms with Gasteiger partial charge in [0.2, 0.25) is 0 Å². The van der Waals surface area contributed by atoms with Gasteiger partial charge in [0, 0.05) is 36.1 Å². The Morgan fingerprint density at radius 2 is 1.83 bits per heavy atom. The van der Waals surface area contributed by atoms with Crippen molar-refractivity contribution in [2.45, 2.75) is 38.1 Å². The van der Waals surface area contributed by atoms with Crippen LogP contribution in [0.4, 0.5) is 5.69 Å². The van der Waals surface area contributed by atoms with Gasteiger partial charge in [-0.05, 0) is 35.2 Å². The molecule has 0 aliphatic carbocycles. The van der Waals surface area contributed by atoms with E-state index in [9.17, 15) is 9.59 Å². The van der Waals surface area contributed by atoms with Gasteiger partial charge in [0.1, 0.15) is 5.75 Å². The number of anilines is 1. The summed E-state index contributed by atoms with van der Waals surface area (Å²) in [5, 5.41) is 1.91. The van der Waals surface area contributed by atoms with E-state index in [1.54, 1.807) is 23.6 Å². The third-order valence-electron chi connectivity index (χ3n) is 6.71. The number of carbonyl (C=O) groups is 2. The number of hydrogen-bond donors (Lipinski definition) is 0. The number of methoxy groups -OCH3 is 2. The minimum Gasteiger partial charge on any atom is -0.496 e. The molecule has 8 heteroatoms. The molecule has 0 spiro atoms. The smallest absolute Gasteiger partial charge is 0.334 e. The minimum absolute atomic E-state index is 0.144. The highest BCUT2D eigenvalue weighted by Crippen LogP contribution is 2.35. The number of esters is 1. The van der Waals surface area contributed by atoms with E-state index in [0.717, 1.165) is 16.9 Å². The van der Waals surface area contributed by atoms with E-state index in [0.29, 0.717) is 30.9 Å². The molecule has 1 atom stereocenters. The molecule has 36 heavy (non-hydrogen) atoms. The van der Waals surface area contributed by atoms with Crippen molar-refractivity contribution in [3.63, 3.8) is 0 Å². The van der Waals surface area contributed by atoms with Crippen molar-refractivity contribution in [2.75, 3.05) is 38.8 Å². The molecule has 2 aromatic carbocycles. The van der Waals surface area contributed by atoms with Crippen LogP contribution in [-0.4, -0.2) is 61.2 Å². The first-order valence-electron chi connectivity index (χ1n) is 12.0. The van der Waals surface area contributed by atoms with Gasteiger partial charge in [-0.2, -0.15) is 0 Å². The summed E-state index contributed by atoms with van der Waals surface area (Å²) in [5.41, 5.74) is 3.57. The van der Waals surface area contributed by atoms with Crippen molar-refractivity contribution < 1.29 is 19.1 Å². The first-order valence-corrected chi connectivity index (χ1v) is 12.9. The standard InChI is InChI=1S/C28H33N3O4S/c1-27(2,3)23-12-11-20(15-24(23)34-4)25(32)31-14-13-30(22-9-7-6-8-10-22)18-28(31,26(33)35-5)16-21-17-36-19-29-21/h6-12,15,17,19H,13-14,16,18H2,1-5H3. The third kappa shape index (κ3) is 4.95. The van der Waals surface area contributed by atoms with Crippen LogP contribution in [0.2, 0.25) is 0 Å². The average molecular weight is 508 g/mol. The Labute approximate surface area is 216 Å². The highest BCUT2D eigenvalue weighted by molar-refractivity contribution is 7.07. The highest BCUT2D eigenvalue weighted by Gasteiger charge is 2.52. The molecule has 0 N–H and O–H groups in total. The predicted octanol–water partition coefficient (Wildman–Crippen LogP) is 4.57. The average Bonchev–Trinajstić information content (AvgIpc) is 3.40. The summed E-state index contributed by atoms with van der Waals surface area (Å²) >= 11 is 1.46. The molecule has 4 rings (SSSR count). The van der Waals surface area contributed by atoms with Gasteiger partial charge in [-0.3, -0.25) is 4.79 Å². The molecule has 0 radical (unpaired) electrons. The van der Waals surface area contributed by atoms with E-state index in [-0.39, 0.29) is 17.7 Å². The Morgan fingerprint density at radius 1 is 1.08 bits per heavy atom. The second-order valence-electron chi connectivity index (χ2n) is 10.1. The van der Waals surface area contributed by atoms with Gasteiger partial charge in [-0.1, -0.05) is 45.0 Å². The van der Waals surface area contributed by atoms with Crippen molar-refractivity contribution >= 4 is 28.9 Å². The molecule has 3 aromatic rings. The molecule has 1 aliphatic heterocycles. The molecule has 1 fully saturated rings. The second kappa shape index (κ2) is 10.3. The monoisotopic (exact) mass is 507 g/mol. The maximum absolute atomic E-state index is 14.1. The summed E-state index contributed by atoms with van der Waals surface area (Å²) < 4.78 is 11.0. The first-order chi connectivity index (χ1) is 17.2. The summed E-state index contributed by atoms with van der Waals surface area (Å²) in [5.74, 6) is -0.0377. The number of nitrogens with zero attached hydrogens (tertiary/aromatic N) is 3. The number of thiazole rings is 1. The normalized spacial score (nSPS) is 18.1. The Bertz CT molecular complexity index is 1210. The molecule has 7 nitrogen and oxygen atoms in total. The van der Waals surface area contributed by atoms with Crippen molar-refractivity contribution in [1.82, 2.24) is 9.88 Å². The lowest BCUT2D eigenvalue weighted by Gasteiger charge is -2.49. The fraction of sp³-hybridized carbons (Fsp3) is 0.393. The summed E-state index contributed by atoms with van der Waals surface area (Å²) in [7, 11) is 2.98. The molecule has 0 saturated carbocycles. The largest absolute Gasteiger partial charge is 0.496 e. The zero-order valence-corrected chi connectivity index (χ0v) is 22.3. The van der Waals surface area contributed by atoms with Crippen molar-refractivity contribution in [3.05, 3.63) is 76.2 Å². The van der Waals surface area contributed by atoms with E-state index in [2.05, 4.69) is 30.7 Å². The highest BCUT2D eigenvalue weighted by atomic mass is 32.1. The molecule has 190 valence electrons. The Balaban J connectivity index is 1.78. The van der Waals surface area contributed by atoms with Crippen LogP contribution >= 0.6 is 11.3 Å². The van der Waals surface area contributed by atoms with Crippen LogP contribution in [0.25, 0.3) is 0 Å². The van der Waals surface area contributed by atoms with E-state index < -0.39 is 11.5 Å². The fourth-order valence-corrected chi connectivity index (χ4v) is 5.44. The Kier molecular flexibility index (Phi) is 7.36.